The number of hydrogen-bond acceptors (Lipinski definition) is 9. The van der Waals surface area contributed by atoms with E-state index in [-0.39, 0.29) is 47.8 Å². The van der Waals surface area contributed by atoms with Crippen molar-refractivity contribution in [3.63, 3.8) is 0 Å². The molecule has 9 nitrogen and oxygen atoms in total. The molecule has 0 fully saturated rings. The summed E-state index contributed by atoms with van der Waals surface area (Å²) in [5, 5.41) is 18.8. The van der Waals surface area contributed by atoms with Gasteiger partial charge >= 0.3 is 17.9 Å². The number of ketones is 1. The fourth-order valence-electron chi connectivity index (χ4n) is 3.76. The number of nitrogens with zero attached hydrogens (tertiary/aromatic N) is 1. The molecule has 1 aromatic heterocycles. The number of carbonyl (C=O) groups is 4. The lowest BCUT2D eigenvalue weighted by Crippen LogP contribution is -2.12. The van der Waals surface area contributed by atoms with Gasteiger partial charge in [-0.15, -0.1) is 11.3 Å². The van der Waals surface area contributed by atoms with E-state index in [4.69, 9.17) is 19.3 Å². The second-order valence-electron chi connectivity index (χ2n) is 8.43. The third-order valence-electron chi connectivity index (χ3n) is 5.67. The van der Waals surface area contributed by atoms with Crippen LogP contribution >= 0.6 is 11.3 Å². The van der Waals surface area contributed by atoms with Gasteiger partial charge < -0.3 is 19.3 Å². The molecule has 0 saturated carbocycles. The number of carboxylic acid groups (broad SMARTS) is 1. The molecule has 3 aromatic rings. The molecule has 0 radical (unpaired) electrons. The van der Waals surface area contributed by atoms with E-state index in [1.807, 2.05) is 6.07 Å². The second-order valence-corrected chi connectivity index (χ2v) is 9.53. The zero-order valence-corrected chi connectivity index (χ0v) is 23.0. The number of benzene rings is 2. The molecule has 0 aliphatic rings. The number of esters is 2. The van der Waals surface area contributed by atoms with Crippen molar-refractivity contribution in [1.82, 2.24) is 0 Å². The average molecular weight is 562 g/mol. The Morgan fingerprint density at radius 2 is 1.68 bits per heavy atom. The highest BCUT2D eigenvalue weighted by Gasteiger charge is 2.28. The summed E-state index contributed by atoms with van der Waals surface area (Å²) < 4.78 is 15.9. The maximum absolute atomic E-state index is 13.1. The van der Waals surface area contributed by atoms with E-state index in [0.29, 0.717) is 27.3 Å². The molecule has 40 heavy (non-hydrogen) atoms. The van der Waals surface area contributed by atoms with Gasteiger partial charge in [0.25, 0.3) is 0 Å². The average Bonchev–Trinajstić information content (AvgIpc) is 3.27. The molecule has 3 rings (SSSR count). The zero-order chi connectivity index (χ0) is 29.2. The van der Waals surface area contributed by atoms with E-state index in [2.05, 4.69) is 0 Å². The highest BCUT2D eigenvalue weighted by Crippen LogP contribution is 2.31. The smallest absolute Gasteiger partial charge is 0.348 e. The molecule has 1 N–H and O–H groups in total. The summed E-state index contributed by atoms with van der Waals surface area (Å²) in [6.45, 7) is 5.35. The van der Waals surface area contributed by atoms with Gasteiger partial charge in [0, 0.05) is 11.3 Å². The molecule has 0 unspecified atom stereocenters. The van der Waals surface area contributed by atoms with Gasteiger partial charge in [-0.1, -0.05) is 24.3 Å². The van der Waals surface area contributed by atoms with Gasteiger partial charge in [0.2, 0.25) is 0 Å². The fourth-order valence-corrected chi connectivity index (χ4v) is 4.95. The third-order valence-corrected chi connectivity index (χ3v) is 6.94. The van der Waals surface area contributed by atoms with Crippen molar-refractivity contribution in [3.8, 4) is 11.8 Å². The van der Waals surface area contributed by atoms with Crippen molar-refractivity contribution < 1.29 is 38.5 Å². The number of thiophene rings is 1. The lowest BCUT2D eigenvalue weighted by molar-refractivity contribution is -0.114. The largest absolute Gasteiger partial charge is 0.489 e. The van der Waals surface area contributed by atoms with E-state index in [1.165, 1.54) is 18.2 Å². The van der Waals surface area contributed by atoms with Crippen molar-refractivity contribution >= 4 is 41.1 Å². The summed E-state index contributed by atoms with van der Waals surface area (Å²) in [4.78, 5) is 49.7. The Labute approximate surface area is 235 Å². The maximum Gasteiger partial charge on any atom is 0.348 e. The standard InChI is InChI=1S/C30H27NO8S/c1-4-37-29(35)26-18(3)27(30(36)38-5-2)40-25(26)15-24(32)22(16-31)13-19-9-11-23(12-10-19)39-17-20-7-6-8-21(14-20)28(33)34/h6-14H,4-5,15,17H2,1-3H3,(H,33,34). The number of nitriles is 1. The van der Waals surface area contributed by atoms with Gasteiger partial charge in [-0.25, -0.2) is 14.4 Å². The van der Waals surface area contributed by atoms with Crippen molar-refractivity contribution in [3.05, 3.63) is 91.7 Å². The molecule has 10 heteroatoms. The van der Waals surface area contributed by atoms with Crippen LogP contribution in [-0.2, 0) is 27.3 Å². The molecule has 0 saturated heterocycles. The van der Waals surface area contributed by atoms with Crippen molar-refractivity contribution in [2.24, 2.45) is 0 Å². The van der Waals surface area contributed by atoms with Gasteiger partial charge in [-0.2, -0.15) is 5.26 Å². The first-order valence-corrected chi connectivity index (χ1v) is 13.2. The Hall–Kier alpha value is -4.75. The zero-order valence-electron chi connectivity index (χ0n) is 22.2. The minimum Gasteiger partial charge on any atom is -0.489 e. The fraction of sp³-hybridized carbons (Fsp3) is 0.233. The summed E-state index contributed by atoms with van der Waals surface area (Å²) >= 11 is 0.977. The van der Waals surface area contributed by atoms with Crippen molar-refractivity contribution in [2.75, 3.05) is 13.2 Å². The van der Waals surface area contributed by atoms with Crippen LogP contribution in [0.2, 0.25) is 0 Å². The molecular formula is C30H27NO8S. The molecule has 0 spiro atoms. The van der Waals surface area contributed by atoms with E-state index >= 15 is 0 Å². The number of carbonyl (C=O) groups excluding carboxylic acids is 3. The van der Waals surface area contributed by atoms with E-state index < -0.39 is 23.7 Å². The molecular weight excluding hydrogens is 534 g/mol. The first kappa shape index (κ1) is 29.8. The van der Waals surface area contributed by atoms with Crippen LogP contribution in [0.5, 0.6) is 5.75 Å². The minimum atomic E-state index is -1.02. The number of Topliss-reactive ketones (excluding diaryl/α,β-unsaturated/α-hetero) is 1. The third kappa shape index (κ3) is 7.42. The van der Waals surface area contributed by atoms with Crippen molar-refractivity contribution in [2.45, 2.75) is 33.8 Å². The van der Waals surface area contributed by atoms with Gasteiger partial charge in [-0.3, -0.25) is 4.79 Å². The maximum atomic E-state index is 13.1. The lowest BCUT2D eigenvalue weighted by Gasteiger charge is -2.07. The number of rotatable bonds is 12. The normalized spacial score (nSPS) is 10.9. The first-order valence-electron chi connectivity index (χ1n) is 12.3. The number of carboxylic acids is 1. The number of hydrogen-bond donors (Lipinski definition) is 1. The monoisotopic (exact) mass is 561 g/mol. The van der Waals surface area contributed by atoms with Crippen LogP contribution in [-0.4, -0.2) is 42.0 Å². The Balaban J connectivity index is 1.77. The van der Waals surface area contributed by atoms with Crippen LogP contribution in [0.3, 0.4) is 0 Å². The predicted octanol–water partition coefficient (Wildman–Crippen LogP) is 5.41. The van der Waals surface area contributed by atoms with E-state index in [1.54, 1.807) is 57.2 Å². The summed E-state index contributed by atoms with van der Waals surface area (Å²) in [6, 6.07) is 15.0. The highest BCUT2D eigenvalue weighted by molar-refractivity contribution is 7.14. The number of aromatic carboxylic acids is 1. The van der Waals surface area contributed by atoms with Crippen LogP contribution in [0, 0.1) is 18.3 Å². The highest BCUT2D eigenvalue weighted by atomic mass is 32.1. The molecule has 1 heterocycles. The minimum absolute atomic E-state index is 0.119. The van der Waals surface area contributed by atoms with Crippen LogP contribution < -0.4 is 4.74 Å². The quantitative estimate of drug-likeness (QED) is 0.175. The van der Waals surface area contributed by atoms with Crippen LogP contribution in [0.25, 0.3) is 6.08 Å². The summed E-state index contributed by atoms with van der Waals surface area (Å²) in [5.74, 6) is -2.28. The predicted molar refractivity (Wildman–Crippen MR) is 147 cm³/mol. The summed E-state index contributed by atoms with van der Waals surface area (Å²) in [7, 11) is 0. The summed E-state index contributed by atoms with van der Waals surface area (Å²) in [6.07, 6.45) is 1.16. The Bertz CT molecular complexity index is 1490. The molecule has 206 valence electrons. The molecule has 0 aliphatic heterocycles. The van der Waals surface area contributed by atoms with E-state index in [0.717, 1.165) is 11.3 Å². The topological polar surface area (TPSA) is 140 Å². The van der Waals surface area contributed by atoms with Gasteiger partial charge in [0.05, 0.1) is 29.9 Å². The van der Waals surface area contributed by atoms with Gasteiger partial charge in [0.1, 0.15) is 23.3 Å². The first-order chi connectivity index (χ1) is 19.2. The van der Waals surface area contributed by atoms with Gasteiger partial charge in [0.15, 0.2) is 5.78 Å². The van der Waals surface area contributed by atoms with Gasteiger partial charge in [-0.05, 0) is 67.8 Å². The molecule has 0 aliphatic carbocycles. The Morgan fingerprint density at radius 1 is 1.00 bits per heavy atom. The SMILES string of the molecule is CCOC(=O)c1sc(CC(=O)C(C#N)=Cc2ccc(OCc3cccc(C(=O)O)c3)cc2)c(C(=O)OCC)c1C. The Kier molecular flexibility index (Phi) is 10.3. The molecule has 0 amide bonds. The molecule has 2 aromatic carbocycles. The molecule has 0 bridgehead atoms. The van der Waals surface area contributed by atoms with Crippen molar-refractivity contribution in [1.29, 1.82) is 5.26 Å². The Morgan fingerprint density at radius 3 is 2.30 bits per heavy atom. The van der Waals surface area contributed by atoms with Crippen LogP contribution in [0.15, 0.2) is 54.1 Å². The lowest BCUT2D eigenvalue weighted by atomic mass is 10.0. The van der Waals surface area contributed by atoms with Crippen LogP contribution in [0.4, 0.5) is 0 Å². The second kappa shape index (κ2) is 13.9. The van der Waals surface area contributed by atoms with Crippen LogP contribution in [0.1, 0.15) is 65.8 Å². The number of allylic oxidation sites excluding steroid dienone is 1. The molecule has 0 atom stereocenters. The van der Waals surface area contributed by atoms with E-state index in [9.17, 15) is 24.4 Å². The summed E-state index contributed by atoms with van der Waals surface area (Å²) in [5.41, 5.74) is 1.81. The number of ether oxygens (including phenoxy) is 3.